The van der Waals surface area contributed by atoms with Gasteiger partial charge in [-0.2, -0.15) is 0 Å². The van der Waals surface area contributed by atoms with E-state index >= 15 is 0 Å². The van der Waals surface area contributed by atoms with Crippen LogP contribution in [0.4, 0.5) is 0 Å². The molecule has 0 spiro atoms. The fourth-order valence-corrected chi connectivity index (χ4v) is 2.41. The summed E-state index contributed by atoms with van der Waals surface area (Å²) in [5.41, 5.74) is 2.66. The molecule has 2 aromatic rings. The molecule has 1 N–H and O–H groups in total. The molecule has 1 unspecified atom stereocenters. The van der Waals surface area contributed by atoms with Gasteiger partial charge in [-0.05, 0) is 30.0 Å². The molecule has 2 rings (SSSR count). The summed E-state index contributed by atoms with van der Waals surface area (Å²) in [6, 6.07) is 18.5. The third-order valence-corrected chi connectivity index (χ3v) is 3.51. The van der Waals surface area contributed by atoms with Crippen LogP contribution in [0.3, 0.4) is 0 Å². The highest BCUT2D eigenvalue weighted by atomic mass is 16.3. The van der Waals surface area contributed by atoms with Crippen molar-refractivity contribution < 1.29 is 5.11 Å². The Balaban J connectivity index is 2.14. The third-order valence-electron chi connectivity index (χ3n) is 3.51. The number of hydrogen-bond acceptors (Lipinski definition) is 1. The van der Waals surface area contributed by atoms with Crippen molar-refractivity contribution in [3.8, 4) is 0 Å². The van der Waals surface area contributed by atoms with Gasteiger partial charge in [0.2, 0.25) is 0 Å². The van der Waals surface area contributed by atoms with E-state index < -0.39 is 5.60 Å². The highest BCUT2D eigenvalue weighted by molar-refractivity contribution is 5.29. The minimum absolute atomic E-state index is 0.640. The van der Waals surface area contributed by atoms with Crippen LogP contribution in [-0.2, 0) is 18.4 Å². The lowest BCUT2D eigenvalue weighted by Gasteiger charge is -2.24. The quantitative estimate of drug-likeness (QED) is 0.852. The van der Waals surface area contributed by atoms with Crippen molar-refractivity contribution >= 4 is 0 Å². The van der Waals surface area contributed by atoms with Gasteiger partial charge >= 0.3 is 0 Å². The Kier molecular flexibility index (Phi) is 4.39. The van der Waals surface area contributed by atoms with Gasteiger partial charge in [-0.1, -0.05) is 67.9 Å². The van der Waals surface area contributed by atoms with Crippen molar-refractivity contribution in [1.29, 1.82) is 0 Å². The van der Waals surface area contributed by atoms with Crippen LogP contribution in [0.2, 0.25) is 0 Å². The summed E-state index contributed by atoms with van der Waals surface area (Å²) in [5, 5.41) is 10.7. The molecular formula is C18H22O. The first-order valence-electron chi connectivity index (χ1n) is 6.97. The first kappa shape index (κ1) is 13.8. The summed E-state index contributed by atoms with van der Waals surface area (Å²) in [5.74, 6) is 0. The minimum Gasteiger partial charge on any atom is -0.385 e. The Bertz CT molecular complexity index is 497. The van der Waals surface area contributed by atoms with Crippen LogP contribution in [0.1, 0.15) is 37.0 Å². The predicted octanol–water partition coefficient (Wildman–Crippen LogP) is 4.09. The van der Waals surface area contributed by atoms with Gasteiger partial charge in [-0.25, -0.2) is 0 Å². The number of rotatable bonds is 5. The van der Waals surface area contributed by atoms with Crippen molar-refractivity contribution in [3.63, 3.8) is 0 Å². The van der Waals surface area contributed by atoms with E-state index in [1.165, 1.54) is 5.56 Å². The summed E-state index contributed by atoms with van der Waals surface area (Å²) >= 11 is 0. The molecule has 0 bridgehead atoms. The lowest BCUT2D eigenvalue weighted by atomic mass is 9.88. The molecule has 0 radical (unpaired) electrons. The molecule has 1 heteroatoms. The molecule has 1 atom stereocenters. The van der Waals surface area contributed by atoms with Crippen molar-refractivity contribution in [1.82, 2.24) is 0 Å². The van der Waals surface area contributed by atoms with E-state index in [0.717, 1.165) is 24.0 Å². The van der Waals surface area contributed by atoms with Crippen molar-refractivity contribution in [2.75, 3.05) is 0 Å². The first-order chi connectivity index (χ1) is 9.12. The summed E-state index contributed by atoms with van der Waals surface area (Å²) in [6.07, 6.45) is 2.89. The number of aryl methyl sites for hydroxylation is 1. The van der Waals surface area contributed by atoms with Gasteiger partial charge in [-0.15, -0.1) is 0 Å². The van der Waals surface area contributed by atoms with E-state index in [1.807, 2.05) is 37.3 Å². The zero-order valence-electron chi connectivity index (χ0n) is 11.8. The zero-order chi connectivity index (χ0) is 13.7. The summed E-state index contributed by atoms with van der Waals surface area (Å²) in [6.45, 7) is 4.06. The highest BCUT2D eigenvalue weighted by Crippen LogP contribution is 2.25. The Labute approximate surface area is 115 Å². The Hall–Kier alpha value is -1.60. The van der Waals surface area contributed by atoms with E-state index in [4.69, 9.17) is 0 Å². The summed E-state index contributed by atoms with van der Waals surface area (Å²) < 4.78 is 0. The minimum atomic E-state index is -0.813. The second kappa shape index (κ2) is 6.03. The van der Waals surface area contributed by atoms with Crippen LogP contribution in [0.5, 0.6) is 0 Å². The zero-order valence-corrected chi connectivity index (χ0v) is 11.8. The van der Waals surface area contributed by atoms with Crippen LogP contribution in [0.15, 0.2) is 54.6 Å². The molecular weight excluding hydrogens is 232 g/mol. The molecule has 19 heavy (non-hydrogen) atoms. The van der Waals surface area contributed by atoms with Gasteiger partial charge in [0, 0.05) is 6.42 Å². The maximum atomic E-state index is 10.7. The predicted molar refractivity (Wildman–Crippen MR) is 80.2 cm³/mol. The fourth-order valence-electron chi connectivity index (χ4n) is 2.41. The molecule has 0 aromatic heterocycles. The van der Waals surface area contributed by atoms with Crippen LogP contribution in [0.25, 0.3) is 0 Å². The number of aliphatic hydroxyl groups is 1. The average Bonchev–Trinajstić information content (AvgIpc) is 2.40. The van der Waals surface area contributed by atoms with E-state index in [0.29, 0.717) is 6.42 Å². The highest BCUT2D eigenvalue weighted by Gasteiger charge is 2.23. The number of hydrogen-bond donors (Lipinski definition) is 1. The maximum absolute atomic E-state index is 10.7. The second-order valence-electron chi connectivity index (χ2n) is 5.38. The molecule has 0 aliphatic carbocycles. The largest absolute Gasteiger partial charge is 0.385 e. The summed E-state index contributed by atoms with van der Waals surface area (Å²) in [4.78, 5) is 0. The second-order valence-corrected chi connectivity index (χ2v) is 5.38. The molecule has 1 nitrogen and oxygen atoms in total. The van der Waals surface area contributed by atoms with Gasteiger partial charge in [0.25, 0.3) is 0 Å². The molecule has 0 aliphatic heterocycles. The van der Waals surface area contributed by atoms with Gasteiger partial charge < -0.3 is 5.11 Å². The first-order valence-corrected chi connectivity index (χ1v) is 6.97. The molecule has 100 valence electrons. The normalized spacial score (nSPS) is 14.1. The Morgan fingerprint density at radius 1 is 0.895 bits per heavy atom. The van der Waals surface area contributed by atoms with Gasteiger partial charge in [-0.3, -0.25) is 0 Å². The lowest BCUT2D eigenvalue weighted by molar-refractivity contribution is 0.0576. The van der Waals surface area contributed by atoms with E-state index in [9.17, 15) is 5.11 Å². The van der Waals surface area contributed by atoms with Crippen LogP contribution in [-0.4, -0.2) is 5.11 Å². The lowest BCUT2D eigenvalue weighted by Crippen LogP contribution is -2.24. The van der Waals surface area contributed by atoms with Crippen LogP contribution in [0, 0.1) is 0 Å². The molecule has 0 heterocycles. The molecule has 2 aromatic carbocycles. The topological polar surface area (TPSA) is 20.2 Å². The standard InChI is InChI=1S/C18H22O/c1-3-7-15-10-12-17(13-11-15)18(2,19)14-16-8-5-4-6-9-16/h4-6,8-13,19H,3,7,14H2,1-2H3. The molecule has 0 saturated heterocycles. The van der Waals surface area contributed by atoms with Crippen molar-refractivity contribution in [2.45, 2.75) is 38.7 Å². The molecule has 0 saturated carbocycles. The monoisotopic (exact) mass is 254 g/mol. The van der Waals surface area contributed by atoms with Crippen molar-refractivity contribution in [3.05, 3.63) is 71.3 Å². The SMILES string of the molecule is CCCc1ccc(C(C)(O)Cc2ccccc2)cc1. The van der Waals surface area contributed by atoms with Gasteiger partial charge in [0.05, 0.1) is 5.60 Å². The number of benzene rings is 2. The van der Waals surface area contributed by atoms with Crippen molar-refractivity contribution in [2.24, 2.45) is 0 Å². The van der Waals surface area contributed by atoms with Gasteiger partial charge in [0.15, 0.2) is 0 Å². The maximum Gasteiger partial charge on any atom is 0.0908 e. The van der Waals surface area contributed by atoms with Crippen LogP contribution >= 0.6 is 0 Å². The summed E-state index contributed by atoms with van der Waals surface area (Å²) in [7, 11) is 0. The third kappa shape index (κ3) is 3.68. The van der Waals surface area contributed by atoms with Gasteiger partial charge in [0.1, 0.15) is 0 Å². The average molecular weight is 254 g/mol. The Morgan fingerprint density at radius 3 is 2.11 bits per heavy atom. The Morgan fingerprint density at radius 2 is 1.53 bits per heavy atom. The fraction of sp³-hybridized carbons (Fsp3) is 0.333. The van der Waals surface area contributed by atoms with E-state index in [2.05, 4.69) is 31.2 Å². The van der Waals surface area contributed by atoms with Crippen LogP contribution < -0.4 is 0 Å². The van der Waals surface area contributed by atoms with E-state index in [-0.39, 0.29) is 0 Å². The molecule has 0 amide bonds. The molecule has 0 fully saturated rings. The smallest absolute Gasteiger partial charge is 0.0908 e. The molecule has 0 aliphatic rings. The van der Waals surface area contributed by atoms with E-state index in [1.54, 1.807) is 0 Å².